The molecule has 0 saturated heterocycles. The molecule has 0 unspecified atom stereocenters. The number of benzene rings is 1. The Morgan fingerprint density at radius 2 is 2.00 bits per heavy atom. The first-order valence-corrected chi connectivity index (χ1v) is 8.16. The molecule has 19 heavy (non-hydrogen) atoms. The van der Waals surface area contributed by atoms with E-state index in [-0.39, 0.29) is 0 Å². The molecule has 3 heteroatoms. The average molecular weight is 325 g/mol. The molecule has 1 saturated carbocycles. The topological polar surface area (TPSA) is 29.3 Å². The van der Waals surface area contributed by atoms with Crippen molar-refractivity contribution in [2.24, 2.45) is 11.7 Å². The fourth-order valence-electron chi connectivity index (χ4n) is 2.96. The van der Waals surface area contributed by atoms with Gasteiger partial charge in [0.2, 0.25) is 0 Å². The lowest BCUT2D eigenvalue weighted by atomic mass is 10.1. The minimum atomic E-state index is 0.592. The maximum absolute atomic E-state index is 5.74. The SMILES string of the molecule is CC(C)CN(c1ccc(CN)c(Br)c1)C1CCCC1. The van der Waals surface area contributed by atoms with Crippen LogP contribution in [0.15, 0.2) is 22.7 Å². The van der Waals surface area contributed by atoms with Crippen LogP contribution in [0.5, 0.6) is 0 Å². The lowest BCUT2D eigenvalue weighted by Crippen LogP contribution is -2.36. The second kappa shape index (κ2) is 6.76. The Morgan fingerprint density at radius 3 is 2.53 bits per heavy atom. The first-order valence-electron chi connectivity index (χ1n) is 7.37. The number of hydrogen-bond donors (Lipinski definition) is 1. The summed E-state index contributed by atoms with van der Waals surface area (Å²) in [5, 5.41) is 0. The van der Waals surface area contributed by atoms with E-state index in [9.17, 15) is 0 Å². The molecule has 2 N–H and O–H groups in total. The van der Waals surface area contributed by atoms with Gasteiger partial charge in [-0.05, 0) is 36.5 Å². The summed E-state index contributed by atoms with van der Waals surface area (Å²) in [7, 11) is 0. The first kappa shape index (κ1) is 14.9. The molecule has 2 rings (SSSR count). The average Bonchev–Trinajstić information content (AvgIpc) is 2.89. The molecule has 0 amide bonds. The molecule has 0 radical (unpaired) electrons. The summed E-state index contributed by atoms with van der Waals surface area (Å²) in [5.74, 6) is 0.688. The summed E-state index contributed by atoms with van der Waals surface area (Å²) in [5.41, 5.74) is 8.25. The van der Waals surface area contributed by atoms with Gasteiger partial charge in [-0.2, -0.15) is 0 Å². The molecule has 106 valence electrons. The maximum atomic E-state index is 5.74. The number of rotatable bonds is 5. The van der Waals surface area contributed by atoms with Crippen LogP contribution in [0.1, 0.15) is 45.1 Å². The molecule has 0 aromatic heterocycles. The Hall–Kier alpha value is -0.540. The monoisotopic (exact) mass is 324 g/mol. The molecular formula is C16H25BrN2. The van der Waals surface area contributed by atoms with E-state index in [4.69, 9.17) is 5.73 Å². The van der Waals surface area contributed by atoms with Gasteiger partial charge < -0.3 is 10.6 Å². The molecule has 1 aromatic rings. The van der Waals surface area contributed by atoms with Gasteiger partial charge in [0, 0.05) is 29.3 Å². The number of anilines is 1. The Balaban J connectivity index is 2.23. The van der Waals surface area contributed by atoms with E-state index in [1.54, 1.807) is 0 Å². The second-order valence-electron chi connectivity index (χ2n) is 5.96. The van der Waals surface area contributed by atoms with E-state index in [0.29, 0.717) is 12.5 Å². The highest BCUT2D eigenvalue weighted by atomic mass is 79.9. The maximum Gasteiger partial charge on any atom is 0.0380 e. The molecule has 1 aromatic carbocycles. The van der Waals surface area contributed by atoms with E-state index in [2.05, 4.69) is 52.9 Å². The minimum Gasteiger partial charge on any atom is -0.368 e. The van der Waals surface area contributed by atoms with Crippen molar-refractivity contribution < 1.29 is 0 Å². The quantitative estimate of drug-likeness (QED) is 0.874. The largest absolute Gasteiger partial charge is 0.368 e. The fourth-order valence-corrected chi connectivity index (χ4v) is 3.48. The van der Waals surface area contributed by atoms with Gasteiger partial charge in [0.05, 0.1) is 0 Å². The smallest absolute Gasteiger partial charge is 0.0380 e. The van der Waals surface area contributed by atoms with Gasteiger partial charge in [-0.25, -0.2) is 0 Å². The third kappa shape index (κ3) is 3.73. The third-order valence-corrected chi connectivity index (χ3v) is 4.65. The van der Waals surface area contributed by atoms with Crippen LogP contribution in [0, 0.1) is 5.92 Å². The zero-order valence-electron chi connectivity index (χ0n) is 12.0. The van der Waals surface area contributed by atoms with Crippen molar-refractivity contribution in [3.05, 3.63) is 28.2 Å². The summed E-state index contributed by atoms with van der Waals surface area (Å²) < 4.78 is 1.14. The van der Waals surface area contributed by atoms with Crippen molar-refractivity contribution >= 4 is 21.6 Å². The standard InChI is InChI=1S/C16H25BrN2/c1-12(2)11-19(14-5-3-4-6-14)15-8-7-13(10-18)16(17)9-15/h7-9,12,14H,3-6,10-11,18H2,1-2H3. The Bertz CT molecular complexity index is 411. The molecular weight excluding hydrogens is 300 g/mol. The fraction of sp³-hybridized carbons (Fsp3) is 0.625. The molecule has 0 heterocycles. The van der Waals surface area contributed by atoms with Crippen molar-refractivity contribution in [1.29, 1.82) is 0 Å². The molecule has 0 spiro atoms. The minimum absolute atomic E-state index is 0.592. The van der Waals surface area contributed by atoms with Crippen LogP contribution in [0.3, 0.4) is 0 Å². The Kier molecular flexibility index (Phi) is 5.28. The van der Waals surface area contributed by atoms with E-state index in [1.165, 1.54) is 36.9 Å². The lowest BCUT2D eigenvalue weighted by Gasteiger charge is -2.33. The summed E-state index contributed by atoms with van der Waals surface area (Å²) in [6.45, 7) is 6.32. The Morgan fingerprint density at radius 1 is 1.32 bits per heavy atom. The zero-order valence-corrected chi connectivity index (χ0v) is 13.6. The molecule has 1 fully saturated rings. The van der Waals surface area contributed by atoms with Crippen LogP contribution >= 0.6 is 15.9 Å². The normalized spacial score (nSPS) is 16.3. The summed E-state index contributed by atoms with van der Waals surface area (Å²) in [4.78, 5) is 2.60. The van der Waals surface area contributed by atoms with Gasteiger partial charge in [0.1, 0.15) is 0 Å². The van der Waals surface area contributed by atoms with E-state index < -0.39 is 0 Å². The van der Waals surface area contributed by atoms with Gasteiger partial charge in [-0.3, -0.25) is 0 Å². The highest BCUT2D eigenvalue weighted by Gasteiger charge is 2.23. The van der Waals surface area contributed by atoms with Crippen LogP contribution in [-0.2, 0) is 6.54 Å². The van der Waals surface area contributed by atoms with Crippen LogP contribution in [0.4, 0.5) is 5.69 Å². The molecule has 0 atom stereocenters. The zero-order chi connectivity index (χ0) is 13.8. The van der Waals surface area contributed by atoms with Crippen LogP contribution in [0.2, 0.25) is 0 Å². The molecule has 0 aliphatic heterocycles. The highest BCUT2D eigenvalue weighted by Crippen LogP contribution is 2.31. The van der Waals surface area contributed by atoms with Crippen LogP contribution in [-0.4, -0.2) is 12.6 Å². The third-order valence-electron chi connectivity index (χ3n) is 3.92. The molecule has 1 aliphatic carbocycles. The number of nitrogens with two attached hydrogens (primary N) is 1. The number of halogens is 1. The molecule has 1 aliphatic rings. The van der Waals surface area contributed by atoms with Crippen molar-refractivity contribution in [2.45, 2.75) is 52.1 Å². The molecule has 0 bridgehead atoms. The lowest BCUT2D eigenvalue weighted by molar-refractivity contribution is 0.536. The van der Waals surface area contributed by atoms with Crippen molar-refractivity contribution in [3.63, 3.8) is 0 Å². The van der Waals surface area contributed by atoms with E-state index >= 15 is 0 Å². The highest BCUT2D eigenvalue weighted by molar-refractivity contribution is 9.10. The predicted molar refractivity (Wildman–Crippen MR) is 86.5 cm³/mol. The summed E-state index contributed by atoms with van der Waals surface area (Å²) >= 11 is 3.64. The summed E-state index contributed by atoms with van der Waals surface area (Å²) in [6.07, 6.45) is 5.43. The number of hydrogen-bond acceptors (Lipinski definition) is 2. The second-order valence-corrected chi connectivity index (χ2v) is 6.82. The van der Waals surface area contributed by atoms with Crippen molar-refractivity contribution in [1.82, 2.24) is 0 Å². The van der Waals surface area contributed by atoms with Crippen molar-refractivity contribution in [2.75, 3.05) is 11.4 Å². The number of nitrogens with zero attached hydrogens (tertiary/aromatic N) is 1. The van der Waals surface area contributed by atoms with E-state index in [0.717, 1.165) is 17.1 Å². The summed E-state index contributed by atoms with van der Waals surface area (Å²) in [6, 6.07) is 7.34. The Labute approximate surface area is 125 Å². The van der Waals surface area contributed by atoms with E-state index in [1.807, 2.05) is 0 Å². The van der Waals surface area contributed by atoms with Gasteiger partial charge >= 0.3 is 0 Å². The van der Waals surface area contributed by atoms with Gasteiger partial charge in [0.15, 0.2) is 0 Å². The molecule has 2 nitrogen and oxygen atoms in total. The predicted octanol–water partition coefficient (Wildman–Crippen LogP) is 4.31. The van der Waals surface area contributed by atoms with Gasteiger partial charge in [-0.1, -0.05) is 48.7 Å². The van der Waals surface area contributed by atoms with Gasteiger partial charge in [-0.15, -0.1) is 0 Å². The van der Waals surface area contributed by atoms with Crippen LogP contribution < -0.4 is 10.6 Å². The first-order chi connectivity index (χ1) is 9.11. The van der Waals surface area contributed by atoms with Crippen LogP contribution in [0.25, 0.3) is 0 Å². The van der Waals surface area contributed by atoms with Gasteiger partial charge in [0.25, 0.3) is 0 Å². The van der Waals surface area contributed by atoms with Crippen molar-refractivity contribution in [3.8, 4) is 0 Å².